The standard InChI is InChI=1S/C18H21ClN2O2S/c1-6-15(23-5)11-17-13(4)21(18(19)20-17)24(22)16-9-7-14(8-10-16)12(2)3/h6-12H,1H2,2-5H3/b15-11+. The molecule has 1 heterocycles. The topological polar surface area (TPSA) is 44.1 Å². The van der Waals surface area contributed by atoms with Gasteiger partial charge in [0.2, 0.25) is 5.28 Å². The number of nitrogens with zero attached hydrogens (tertiary/aromatic N) is 2. The van der Waals surface area contributed by atoms with Crippen molar-refractivity contribution in [1.82, 2.24) is 8.96 Å². The third-order valence-corrected chi connectivity index (χ3v) is 5.49. The van der Waals surface area contributed by atoms with Crippen LogP contribution in [0.2, 0.25) is 5.28 Å². The Hall–Kier alpha value is -1.85. The van der Waals surface area contributed by atoms with Crippen LogP contribution in [0, 0.1) is 6.92 Å². The molecule has 1 atom stereocenters. The maximum atomic E-state index is 12.9. The summed E-state index contributed by atoms with van der Waals surface area (Å²) in [4.78, 5) is 4.94. The molecule has 128 valence electrons. The van der Waals surface area contributed by atoms with Gasteiger partial charge in [0.1, 0.15) is 5.76 Å². The van der Waals surface area contributed by atoms with Gasteiger partial charge >= 0.3 is 0 Å². The third kappa shape index (κ3) is 3.79. The summed E-state index contributed by atoms with van der Waals surface area (Å²) in [6, 6.07) is 7.70. The van der Waals surface area contributed by atoms with E-state index in [1.165, 1.54) is 9.54 Å². The molecule has 0 aliphatic carbocycles. The number of allylic oxidation sites excluding steroid dienone is 1. The van der Waals surface area contributed by atoms with Crippen molar-refractivity contribution in [3.8, 4) is 0 Å². The van der Waals surface area contributed by atoms with Gasteiger partial charge in [-0.1, -0.05) is 32.6 Å². The van der Waals surface area contributed by atoms with Gasteiger partial charge in [-0.05, 0) is 48.2 Å². The Balaban J connectivity index is 2.41. The highest BCUT2D eigenvalue weighted by molar-refractivity contribution is 7.83. The molecule has 1 unspecified atom stereocenters. The van der Waals surface area contributed by atoms with Gasteiger partial charge in [-0.15, -0.1) is 0 Å². The van der Waals surface area contributed by atoms with Crippen LogP contribution < -0.4 is 0 Å². The van der Waals surface area contributed by atoms with Gasteiger partial charge in [0.05, 0.1) is 23.4 Å². The smallest absolute Gasteiger partial charge is 0.215 e. The fourth-order valence-electron chi connectivity index (χ4n) is 2.21. The summed E-state index contributed by atoms with van der Waals surface area (Å²) in [7, 11) is 0.0885. The molecule has 1 aromatic heterocycles. The van der Waals surface area contributed by atoms with E-state index in [4.69, 9.17) is 16.3 Å². The first-order valence-electron chi connectivity index (χ1n) is 7.54. The summed E-state index contributed by atoms with van der Waals surface area (Å²) in [5.74, 6) is 0.987. The largest absolute Gasteiger partial charge is 0.497 e. The molecule has 0 bridgehead atoms. The number of hydrogen-bond acceptors (Lipinski definition) is 3. The number of halogens is 1. The van der Waals surface area contributed by atoms with Gasteiger partial charge in [-0.25, -0.2) is 13.2 Å². The van der Waals surface area contributed by atoms with Crippen LogP contribution in [0.5, 0.6) is 0 Å². The first-order valence-corrected chi connectivity index (χ1v) is 9.02. The lowest BCUT2D eigenvalue weighted by atomic mass is 10.0. The van der Waals surface area contributed by atoms with E-state index in [1.807, 2.05) is 31.2 Å². The van der Waals surface area contributed by atoms with Gasteiger partial charge in [0.15, 0.2) is 11.0 Å². The highest BCUT2D eigenvalue weighted by Crippen LogP contribution is 2.24. The number of rotatable bonds is 6. The Morgan fingerprint density at radius 3 is 2.50 bits per heavy atom. The number of ether oxygens (including phenoxy) is 1. The summed E-state index contributed by atoms with van der Waals surface area (Å²) in [5.41, 5.74) is 2.50. The predicted molar refractivity (Wildman–Crippen MR) is 99.5 cm³/mol. The second-order valence-electron chi connectivity index (χ2n) is 5.57. The molecule has 0 saturated heterocycles. The summed E-state index contributed by atoms with van der Waals surface area (Å²) in [6.45, 7) is 9.73. The van der Waals surface area contributed by atoms with Crippen LogP contribution in [-0.4, -0.2) is 20.3 Å². The van der Waals surface area contributed by atoms with Crippen LogP contribution in [0.3, 0.4) is 0 Å². The SMILES string of the molecule is C=C/C(=C\c1nc(Cl)n(S(=O)c2ccc(C(C)C)cc2)c1C)OC. The molecule has 0 saturated carbocycles. The molecular formula is C18H21ClN2O2S. The Morgan fingerprint density at radius 2 is 2.00 bits per heavy atom. The highest BCUT2D eigenvalue weighted by atomic mass is 35.5. The molecule has 0 amide bonds. The molecule has 0 N–H and O–H groups in total. The van der Waals surface area contributed by atoms with Crippen molar-refractivity contribution in [2.45, 2.75) is 31.6 Å². The zero-order valence-corrected chi connectivity index (χ0v) is 15.8. The van der Waals surface area contributed by atoms with Crippen molar-refractivity contribution in [2.24, 2.45) is 0 Å². The lowest BCUT2D eigenvalue weighted by molar-refractivity contribution is 0.311. The molecule has 4 nitrogen and oxygen atoms in total. The first kappa shape index (κ1) is 18.5. The molecule has 2 rings (SSSR count). The minimum Gasteiger partial charge on any atom is -0.497 e. The fraction of sp³-hybridized carbons (Fsp3) is 0.278. The van der Waals surface area contributed by atoms with Gasteiger partial charge in [0.25, 0.3) is 0 Å². The second-order valence-corrected chi connectivity index (χ2v) is 7.25. The van der Waals surface area contributed by atoms with Crippen molar-refractivity contribution in [3.05, 3.63) is 64.9 Å². The van der Waals surface area contributed by atoms with Crippen LogP contribution in [0.25, 0.3) is 6.08 Å². The fourth-order valence-corrected chi connectivity index (χ4v) is 3.71. The quantitative estimate of drug-likeness (QED) is 0.550. The second kappa shape index (κ2) is 7.81. The van der Waals surface area contributed by atoms with Crippen LogP contribution in [0.1, 0.15) is 36.7 Å². The van der Waals surface area contributed by atoms with E-state index in [1.54, 1.807) is 19.3 Å². The normalized spacial score (nSPS) is 13.2. The Kier molecular flexibility index (Phi) is 6.02. The van der Waals surface area contributed by atoms with Crippen molar-refractivity contribution < 1.29 is 8.95 Å². The predicted octanol–water partition coefficient (Wildman–Crippen LogP) is 4.71. The number of imidazole rings is 1. The van der Waals surface area contributed by atoms with Crippen molar-refractivity contribution in [1.29, 1.82) is 0 Å². The van der Waals surface area contributed by atoms with E-state index in [0.717, 1.165) is 0 Å². The van der Waals surface area contributed by atoms with Crippen LogP contribution in [-0.2, 0) is 15.7 Å². The summed E-state index contributed by atoms with van der Waals surface area (Å²) >= 11 is 6.21. The van der Waals surface area contributed by atoms with Crippen LogP contribution in [0.15, 0.2) is 47.6 Å². The minimum atomic E-state index is -1.46. The molecule has 0 aliphatic rings. The first-order chi connectivity index (χ1) is 11.4. The van der Waals surface area contributed by atoms with E-state index in [2.05, 4.69) is 25.4 Å². The number of benzene rings is 1. The molecular weight excluding hydrogens is 344 g/mol. The Labute approximate surface area is 150 Å². The average Bonchev–Trinajstić information content (AvgIpc) is 2.85. The average molecular weight is 365 g/mol. The summed E-state index contributed by atoms with van der Waals surface area (Å²) in [6.07, 6.45) is 3.29. The van der Waals surface area contributed by atoms with E-state index in [-0.39, 0.29) is 5.28 Å². The van der Waals surface area contributed by atoms with Crippen molar-refractivity contribution >= 4 is 28.7 Å². The Bertz CT molecular complexity index is 792. The van der Waals surface area contributed by atoms with Crippen LogP contribution in [0.4, 0.5) is 0 Å². The van der Waals surface area contributed by atoms with Crippen molar-refractivity contribution in [2.75, 3.05) is 7.11 Å². The van der Waals surface area contributed by atoms with Crippen molar-refractivity contribution in [3.63, 3.8) is 0 Å². The molecule has 0 radical (unpaired) electrons. The summed E-state index contributed by atoms with van der Waals surface area (Å²) < 4.78 is 19.6. The van der Waals surface area contributed by atoms with Gasteiger partial charge in [-0.2, -0.15) is 0 Å². The maximum absolute atomic E-state index is 12.9. The minimum absolute atomic E-state index is 0.171. The van der Waals surface area contributed by atoms with Gasteiger partial charge < -0.3 is 4.74 Å². The third-order valence-electron chi connectivity index (χ3n) is 3.69. The van der Waals surface area contributed by atoms with Gasteiger partial charge in [0, 0.05) is 6.08 Å². The molecule has 24 heavy (non-hydrogen) atoms. The van der Waals surface area contributed by atoms with E-state index in [9.17, 15) is 4.21 Å². The zero-order chi connectivity index (χ0) is 17.9. The molecule has 0 spiro atoms. The zero-order valence-electron chi connectivity index (χ0n) is 14.2. The molecule has 2 aromatic rings. The number of hydrogen-bond donors (Lipinski definition) is 0. The number of aromatic nitrogens is 2. The van der Waals surface area contributed by atoms with E-state index >= 15 is 0 Å². The molecule has 0 fully saturated rings. The lowest BCUT2D eigenvalue weighted by Gasteiger charge is -2.09. The maximum Gasteiger partial charge on any atom is 0.215 e. The molecule has 0 aliphatic heterocycles. The number of methoxy groups -OCH3 is 1. The van der Waals surface area contributed by atoms with Crippen LogP contribution >= 0.6 is 11.6 Å². The van der Waals surface area contributed by atoms with E-state index < -0.39 is 11.0 Å². The monoisotopic (exact) mass is 364 g/mol. The summed E-state index contributed by atoms with van der Waals surface area (Å²) in [5, 5.41) is 0.171. The van der Waals surface area contributed by atoms with E-state index in [0.29, 0.717) is 28.0 Å². The highest BCUT2D eigenvalue weighted by Gasteiger charge is 2.18. The Morgan fingerprint density at radius 1 is 1.38 bits per heavy atom. The van der Waals surface area contributed by atoms with Gasteiger partial charge in [-0.3, -0.25) is 0 Å². The lowest BCUT2D eigenvalue weighted by Crippen LogP contribution is -2.07. The molecule has 1 aromatic carbocycles. The molecule has 6 heteroatoms.